The van der Waals surface area contributed by atoms with Crippen LogP contribution < -0.4 is 5.32 Å². The molecule has 1 unspecified atom stereocenters. The highest BCUT2D eigenvalue weighted by atomic mass is 32.2. The van der Waals surface area contributed by atoms with Crippen molar-refractivity contribution < 1.29 is 13.2 Å². The van der Waals surface area contributed by atoms with Crippen LogP contribution in [-0.2, 0) is 27.7 Å². The van der Waals surface area contributed by atoms with Gasteiger partial charge in [0.05, 0.1) is 10.9 Å². The van der Waals surface area contributed by atoms with Gasteiger partial charge in [0.15, 0.2) is 0 Å². The number of hydrogen-bond acceptors (Lipinski definition) is 4. The summed E-state index contributed by atoms with van der Waals surface area (Å²) < 4.78 is 27.8. The zero-order chi connectivity index (χ0) is 22.2. The highest BCUT2D eigenvalue weighted by Crippen LogP contribution is 2.27. The Hall–Kier alpha value is -2.22. The number of hydrogen-bond donors (Lipinski definition) is 1. The molecule has 1 amide bonds. The number of anilines is 1. The van der Waals surface area contributed by atoms with Crippen molar-refractivity contribution in [1.29, 1.82) is 0 Å². The number of aryl methyl sites for hydroxylation is 4. The van der Waals surface area contributed by atoms with E-state index in [9.17, 15) is 13.2 Å². The Morgan fingerprint density at radius 2 is 1.68 bits per heavy atom. The minimum absolute atomic E-state index is 0.0661. The second-order valence-electron chi connectivity index (χ2n) is 8.71. The van der Waals surface area contributed by atoms with Gasteiger partial charge in [0.2, 0.25) is 15.9 Å². The molecule has 0 spiro atoms. The summed E-state index contributed by atoms with van der Waals surface area (Å²) in [5.41, 5.74) is 5.38. The van der Waals surface area contributed by atoms with Crippen molar-refractivity contribution in [3.8, 4) is 0 Å². The smallest absolute Gasteiger partial charge is 0.243 e. The number of nitrogens with one attached hydrogen (secondary N) is 1. The van der Waals surface area contributed by atoms with E-state index in [0.29, 0.717) is 31.1 Å². The second kappa shape index (κ2) is 8.73. The molecule has 0 bridgehead atoms. The lowest BCUT2D eigenvalue weighted by Gasteiger charge is -2.36. The molecule has 0 aromatic heterocycles. The fourth-order valence-corrected chi connectivity index (χ4v) is 5.94. The Morgan fingerprint density at radius 3 is 2.42 bits per heavy atom. The van der Waals surface area contributed by atoms with Crippen LogP contribution in [0.15, 0.2) is 41.3 Å². The number of carbonyl (C=O) groups excluding carboxylic acids is 1. The first-order chi connectivity index (χ1) is 14.8. The van der Waals surface area contributed by atoms with Gasteiger partial charge in [-0.1, -0.05) is 18.2 Å². The summed E-state index contributed by atoms with van der Waals surface area (Å²) in [5, 5.41) is 3.03. The molecule has 0 radical (unpaired) electrons. The molecule has 1 fully saturated rings. The lowest BCUT2D eigenvalue weighted by molar-refractivity contribution is -0.121. The Labute approximate surface area is 185 Å². The van der Waals surface area contributed by atoms with Gasteiger partial charge in [-0.15, -0.1) is 0 Å². The monoisotopic (exact) mass is 441 g/mol. The van der Waals surface area contributed by atoms with Gasteiger partial charge in [0.25, 0.3) is 0 Å². The van der Waals surface area contributed by atoms with Crippen LogP contribution in [-0.4, -0.2) is 55.8 Å². The van der Waals surface area contributed by atoms with Gasteiger partial charge in [-0.05, 0) is 80.5 Å². The van der Waals surface area contributed by atoms with Crippen molar-refractivity contribution >= 4 is 21.6 Å². The van der Waals surface area contributed by atoms with Gasteiger partial charge in [-0.2, -0.15) is 4.31 Å². The fourth-order valence-electron chi connectivity index (χ4n) is 4.46. The maximum atomic E-state index is 13.1. The van der Waals surface area contributed by atoms with E-state index in [1.165, 1.54) is 5.56 Å². The van der Waals surface area contributed by atoms with Crippen molar-refractivity contribution in [2.75, 3.05) is 31.5 Å². The molecule has 1 atom stereocenters. The van der Waals surface area contributed by atoms with Gasteiger partial charge in [-0.25, -0.2) is 8.42 Å². The molecule has 2 aromatic carbocycles. The lowest BCUT2D eigenvalue weighted by atomic mass is 10.1. The molecular weight excluding hydrogens is 410 g/mol. The first-order valence-electron chi connectivity index (χ1n) is 11.0. The van der Waals surface area contributed by atoms with Crippen LogP contribution in [0.1, 0.15) is 35.6 Å². The minimum Gasteiger partial charge on any atom is -0.324 e. The first kappa shape index (κ1) is 22.0. The summed E-state index contributed by atoms with van der Waals surface area (Å²) >= 11 is 0. The quantitative estimate of drug-likeness (QED) is 0.774. The third-order valence-electron chi connectivity index (χ3n) is 6.56. The number of rotatable bonds is 5. The summed E-state index contributed by atoms with van der Waals surface area (Å²) in [4.78, 5) is 15.2. The fraction of sp³-hybridized carbons (Fsp3) is 0.458. The van der Waals surface area contributed by atoms with Gasteiger partial charge in [0, 0.05) is 31.9 Å². The number of benzene rings is 2. The number of fused-ring (bicyclic) bond motifs is 1. The molecule has 31 heavy (non-hydrogen) atoms. The normalized spacial score (nSPS) is 18.5. The number of sulfonamides is 1. The minimum atomic E-state index is -3.51. The second-order valence-corrected chi connectivity index (χ2v) is 10.6. The highest BCUT2D eigenvalue weighted by molar-refractivity contribution is 7.89. The highest BCUT2D eigenvalue weighted by Gasteiger charge is 2.32. The van der Waals surface area contributed by atoms with Crippen LogP contribution in [0.25, 0.3) is 0 Å². The van der Waals surface area contributed by atoms with Gasteiger partial charge in [-0.3, -0.25) is 9.69 Å². The summed E-state index contributed by atoms with van der Waals surface area (Å²) in [6.07, 6.45) is 3.09. The third kappa shape index (κ3) is 4.54. The zero-order valence-corrected chi connectivity index (χ0v) is 19.3. The SMILES string of the molecule is Cc1ccc(C)c(NC(=O)C(C)N2CCN(S(=O)(=O)c3ccc4c(c3)CCC4)CC2)c1. The van der Waals surface area contributed by atoms with Crippen LogP contribution in [0.3, 0.4) is 0 Å². The molecule has 7 heteroatoms. The molecule has 2 aliphatic rings. The molecule has 4 rings (SSSR count). The predicted octanol–water partition coefficient (Wildman–Crippen LogP) is 3.13. The summed E-state index contributed by atoms with van der Waals surface area (Å²) in [7, 11) is -3.51. The number of carbonyl (C=O) groups is 1. The molecule has 2 aromatic rings. The van der Waals surface area contributed by atoms with Crippen molar-refractivity contribution in [2.24, 2.45) is 0 Å². The van der Waals surface area contributed by atoms with Gasteiger partial charge in [0.1, 0.15) is 0 Å². The van der Waals surface area contributed by atoms with Gasteiger partial charge < -0.3 is 5.32 Å². The van der Waals surface area contributed by atoms with Crippen molar-refractivity contribution in [3.63, 3.8) is 0 Å². The topological polar surface area (TPSA) is 69.7 Å². The average Bonchev–Trinajstić information content (AvgIpc) is 3.24. The van der Waals surface area contributed by atoms with E-state index in [4.69, 9.17) is 0 Å². The molecule has 1 saturated heterocycles. The molecular formula is C24H31N3O3S. The lowest BCUT2D eigenvalue weighted by Crippen LogP contribution is -2.53. The van der Waals surface area contributed by atoms with Crippen molar-refractivity contribution in [1.82, 2.24) is 9.21 Å². The molecule has 1 heterocycles. The number of piperazine rings is 1. The maximum Gasteiger partial charge on any atom is 0.243 e. The molecule has 0 saturated carbocycles. The average molecular weight is 442 g/mol. The zero-order valence-electron chi connectivity index (χ0n) is 18.5. The van der Waals surface area contributed by atoms with Crippen molar-refractivity contribution in [2.45, 2.75) is 51.0 Å². The van der Waals surface area contributed by atoms with Crippen LogP contribution >= 0.6 is 0 Å². The van der Waals surface area contributed by atoms with E-state index in [1.54, 1.807) is 10.4 Å². The largest absolute Gasteiger partial charge is 0.324 e. The van der Waals surface area contributed by atoms with Crippen LogP contribution in [0.4, 0.5) is 5.69 Å². The standard InChI is InChI=1S/C24H31N3O3S/c1-17-7-8-18(2)23(15-17)25-24(28)19(3)26-11-13-27(14-12-26)31(29,30)22-10-9-20-5-4-6-21(20)16-22/h7-10,15-16,19H,4-6,11-14H2,1-3H3,(H,25,28). The molecule has 1 N–H and O–H groups in total. The third-order valence-corrected chi connectivity index (χ3v) is 8.45. The van der Waals surface area contributed by atoms with E-state index in [-0.39, 0.29) is 11.9 Å². The first-order valence-corrected chi connectivity index (χ1v) is 12.4. The maximum absolute atomic E-state index is 13.1. The van der Waals surface area contributed by atoms with Gasteiger partial charge >= 0.3 is 0 Å². The van der Waals surface area contributed by atoms with E-state index in [1.807, 2.05) is 51.1 Å². The molecule has 6 nitrogen and oxygen atoms in total. The van der Waals surface area contributed by atoms with Crippen molar-refractivity contribution in [3.05, 3.63) is 58.7 Å². The predicted molar refractivity (Wildman–Crippen MR) is 123 cm³/mol. The number of nitrogens with zero attached hydrogens (tertiary/aromatic N) is 2. The van der Waals surface area contributed by atoms with Crippen LogP contribution in [0.2, 0.25) is 0 Å². The van der Waals surface area contributed by atoms with Crippen LogP contribution in [0.5, 0.6) is 0 Å². The van der Waals surface area contributed by atoms with E-state index in [2.05, 4.69) is 10.2 Å². The summed E-state index contributed by atoms with van der Waals surface area (Å²) in [5.74, 6) is -0.0661. The summed E-state index contributed by atoms with van der Waals surface area (Å²) in [6.45, 7) is 7.70. The Morgan fingerprint density at radius 1 is 0.968 bits per heavy atom. The van der Waals surface area contributed by atoms with E-state index >= 15 is 0 Å². The number of amides is 1. The van der Waals surface area contributed by atoms with Crippen LogP contribution in [0, 0.1) is 13.8 Å². The summed E-state index contributed by atoms with van der Waals surface area (Å²) in [6, 6.07) is 11.2. The van der Waals surface area contributed by atoms with E-state index < -0.39 is 10.0 Å². The Kier molecular flexibility index (Phi) is 6.19. The molecule has 1 aliphatic carbocycles. The Balaban J connectivity index is 1.38. The van der Waals surface area contributed by atoms with E-state index in [0.717, 1.165) is 41.6 Å². The molecule has 166 valence electrons. The molecule has 1 aliphatic heterocycles. The Bertz CT molecular complexity index is 1090.